The molecule has 0 saturated carbocycles. The van der Waals surface area contributed by atoms with Crippen LogP contribution in [-0.4, -0.2) is 13.2 Å². The lowest BCUT2D eigenvalue weighted by atomic mass is 9.63. The van der Waals surface area contributed by atoms with Crippen molar-refractivity contribution in [1.29, 1.82) is 0 Å². The number of ether oxygens (including phenoxy) is 1. The fourth-order valence-corrected chi connectivity index (χ4v) is 3.81. The minimum absolute atomic E-state index is 0.0270. The van der Waals surface area contributed by atoms with Gasteiger partial charge in [0.25, 0.3) is 0 Å². The van der Waals surface area contributed by atoms with E-state index in [1.165, 1.54) is 11.1 Å². The number of rotatable bonds is 6. The van der Waals surface area contributed by atoms with Crippen LogP contribution in [-0.2, 0) is 15.6 Å². The molecule has 0 bridgehead atoms. The summed E-state index contributed by atoms with van der Waals surface area (Å²) in [6, 6.07) is 16.4. The van der Waals surface area contributed by atoms with Crippen molar-refractivity contribution in [3.8, 4) is 0 Å². The minimum atomic E-state index is -0.142. The zero-order valence-corrected chi connectivity index (χ0v) is 20.7. The molecular formula is C26H36Cl2O. The van der Waals surface area contributed by atoms with Crippen molar-refractivity contribution in [3.63, 3.8) is 0 Å². The van der Waals surface area contributed by atoms with Crippen molar-refractivity contribution < 1.29 is 4.74 Å². The summed E-state index contributed by atoms with van der Waals surface area (Å²) in [5.74, 6) is 0. The molecule has 2 aromatic carbocycles. The smallest absolute Gasteiger partial charge is 0.0565 e. The van der Waals surface area contributed by atoms with E-state index in [1.807, 2.05) is 24.3 Å². The van der Waals surface area contributed by atoms with Gasteiger partial charge in [-0.15, -0.1) is 0 Å². The second-order valence-electron chi connectivity index (χ2n) is 10.7. The first-order valence-corrected chi connectivity index (χ1v) is 11.1. The van der Waals surface area contributed by atoms with Gasteiger partial charge in [0, 0.05) is 20.9 Å². The minimum Gasteiger partial charge on any atom is -0.380 e. The van der Waals surface area contributed by atoms with Crippen LogP contribution in [0.15, 0.2) is 48.5 Å². The lowest BCUT2D eigenvalue weighted by Crippen LogP contribution is -2.45. The third-order valence-electron chi connectivity index (χ3n) is 7.05. The summed E-state index contributed by atoms with van der Waals surface area (Å²) in [6.45, 7) is 19.5. The standard InChI is InChI=1S/C26H36Cl2O/c1-23(2,3)25(7,19-9-13-21(27)14-10-19)17-29-18-26(8,24(4,5)6)20-11-15-22(28)16-12-20/h9-16H,17-18H2,1-8H3. The maximum absolute atomic E-state index is 6.52. The Balaban J connectivity index is 2.30. The highest BCUT2D eigenvalue weighted by Crippen LogP contribution is 2.45. The predicted molar refractivity (Wildman–Crippen MR) is 127 cm³/mol. The Morgan fingerprint density at radius 3 is 1.07 bits per heavy atom. The second-order valence-corrected chi connectivity index (χ2v) is 11.5. The highest BCUT2D eigenvalue weighted by atomic mass is 35.5. The van der Waals surface area contributed by atoms with E-state index in [0.29, 0.717) is 13.2 Å². The molecule has 1 nitrogen and oxygen atoms in total. The molecule has 2 unspecified atom stereocenters. The van der Waals surface area contributed by atoms with Gasteiger partial charge in [0.1, 0.15) is 0 Å². The van der Waals surface area contributed by atoms with Crippen molar-refractivity contribution in [2.24, 2.45) is 10.8 Å². The van der Waals surface area contributed by atoms with Crippen molar-refractivity contribution in [3.05, 3.63) is 69.7 Å². The van der Waals surface area contributed by atoms with Gasteiger partial charge in [-0.05, 0) is 46.2 Å². The van der Waals surface area contributed by atoms with Gasteiger partial charge < -0.3 is 4.74 Å². The Bertz CT molecular complexity index is 727. The summed E-state index contributed by atoms with van der Waals surface area (Å²) in [5, 5.41) is 1.52. The predicted octanol–water partition coefficient (Wildman–Crippen LogP) is 8.32. The molecule has 0 fully saturated rings. The molecule has 0 aliphatic rings. The Morgan fingerprint density at radius 1 is 0.552 bits per heavy atom. The van der Waals surface area contributed by atoms with Crippen LogP contribution >= 0.6 is 23.2 Å². The van der Waals surface area contributed by atoms with Gasteiger partial charge in [0.05, 0.1) is 13.2 Å². The van der Waals surface area contributed by atoms with Crippen LogP contribution in [0.5, 0.6) is 0 Å². The highest BCUT2D eigenvalue weighted by Gasteiger charge is 2.42. The lowest BCUT2D eigenvalue weighted by molar-refractivity contribution is -0.00949. The number of benzene rings is 2. The summed E-state index contributed by atoms with van der Waals surface area (Å²) in [5.41, 5.74) is 2.27. The summed E-state index contributed by atoms with van der Waals surface area (Å²) in [7, 11) is 0. The zero-order chi connectivity index (χ0) is 22.1. The summed E-state index contributed by atoms with van der Waals surface area (Å²) in [6.07, 6.45) is 0. The lowest BCUT2D eigenvalue weighted by Gasteiger charge is -2.46. The van der Waals surface area contributed by atoms with Crippen molar-refractivity contribution in [1.82, 2.24) is 0 Å². The summed E-state index contributed by atoms with van der Waals surface area (Å²) < 4.78 is 6.52. The van der Waals surface area contributed by atoms with E-state index in [1.54, 1.807) is 0 Å². The Kier molecular flexibility index (Phi) is 7.20. The van der Waals surface area contributed by atoms with Gasteiger partial charge in [-0.3, -0.25) is 0 Å². The van der Waals surface area contributed by atoms with E-state index in [9.17, 15) is 0 Å². The molecule has 0 radical (unpaired) electrons. The SMILES string of the molecule is CC(C)(C)C(C)(COCC(C)(c1ccc(Cl)cc1)C(C)(C)C)c1ccc(Cl)cc1. The van der Waals surface area contributed by atoms with Gasteiger partial charge in [-0.1, -0.05) is 103 Å². The first-order valence-electron chi connectivity index (χ1n) is 10.3. The molecule has 0 amide bonds. The van der Waals surface area contributed by atoms with Gasteiger partial charge in [-0.2, -0.15) is 0 Å². The zero-order valence-electron chi connectivity index (χ0n) is 19.2. The molecule has 0 aliphatic carbocycles. The van der Waals surface area contributed by atoms with Crippen LogP contribution in [0.25, 0.3) is 0 Å². The van der Waals surface area contributed by atoms with Crippen molar-refractivity contribution >= 4 is 23.2 Å². The van der Waals surface area contributed by atoms with E-state index < -0.39 is 0 Å². The van der Waals surface area contributed by atoms with Crippen LogP contribution in [0.1, 0.15) is 66.5 Å². The first-order chi connectivity index (χ1) is 13.2. The van der Waals surface area contributed by atoms with Crippen LogP contribution in [0.4, 0.5) is 0 Å². The van der Waals surface area contributed by atoms with Crippen molar-refractivity contribution in [2.75, 3.05) is 13.2 Å². The molecule has 2 aromatic rings. The quantitative estimate of drug-likeness (QED) is 0.443. The maximum atomic E-state index is 6.52. The number of hydrogen-bond donors (Lipinski definition) is 0. The summed E-state index contributed by atoms with van der Waals surface area (Å²) in [4.78, 5) is 0. The van der Waals surface area contributed by atoms with E-state index in [2.05, 4.69) is 79.7 Å². The molecule has 0 spiro atoms. The molecule has 0 aliphatic heterocycles. The maximum Gasteiger partial charge on any atom is 0.0565 e. The van der Waals surface area contributed by atoms with Gasteiger partial charge in [0.2, 0.25) is 0 Å². The van der Waals surface area contributed by atoms with Crippen LogP contribution in [0.2, 0.25) is 10.0 Å². The average Bonchev–Trinajstić information content (AvgIpc) is 2.60. The van der Waals surface area contributed by atoms with Crippen molar-refractivity contribution in [2.45, 2.75) is 66.2 Å². The molecule has 0 saturated heterocycles. The Labute approximate surface area is 187 Å². The molecule has 2 atom stereocenters. The fraction of sp³-hybridized carbons (Fsp3) is 0.538. The summed E-state index contributed by atoms with van der Waals surface area (Å²) >= 11 is 12.3. The van der Waals surface area contributed by atoms with E-state index >= 15 is 0 Å². The molecular weight excluding hydrogens is 399 g/mol. The third kappa shape index (κ3) is 5.19. The van der Waals surface area contributed by atoms with E-state index in [-0.39, 0.29) is 21.7 Å². The topological polar surface area (TPSA) is 9.23 Å². The molecule has 160 valence electrons. The number of halogens is 2. The van der Waals surface area contributed by atoms with Gasteiger partial charge >= 0.3 is 0 Å². The van der Waals surface area contributed by atoms with Gasteiger partial charge in [0.15, 0.2) is 0 Å². The van der Waals surface area contributed by atoms with Gasteiger partial charge in [-0.25, -0.2) is 0 Å². The van der Waals surface area contributed by atoms with E-state index in [4.69, 9.17) is 27.9 Å². The molecule has 2 rings (SSSR count). The third-order valence-corrected chi connectivity index (χ3v) is 7.56. The molecule has 29 heavy (non-hydrogen) atoms. The largest absolute Gasteiger partial charge is 0.380 e. The Hall–Kier alpha value is -1.02. The number of hydrogen-bond acceptors (Lipinski definition) is 1. The molecule has 0 N–H and O–H groups in total. The fourth-order valence-electron chi connectivity index (χ4n) is 3.56. The van der Waals surface area contributed by atoms with Crippen LogP contribution in [0, 0.1) is 10.8 Å². The second kappa shape index (κ2) is 8.61. The molecule has 0 aromatic heterocycles. The monoisotopic (exact) mass is 434 g/mol. The van der Waals surface area contributed by atoms with Crippen LogP contribution < -0.4 is 0 Å². The molecule has 3 heteroatoms. The first kappa shape index (κ1) is 24.3. The Morgan fingerprint density at radius 2 is 0.828 bits per heavy atom. The highest BCUT2D eigenvalue weighted by molar-refractivity contribution is 6.30. The normalized spacial score (nSPS) is 16.9. The average molecular weight is 435 g/mol. The molecule has 0 heterocycles. The van der Waals surface area contributed by atoms with Crippen LogP contribution in [0.3, 0.4) is 0 Å². The van der Waals surface area contributed by atoms with E-state index in [0.717, 1.165) is 10.0 Å².